The van der Waals surface area contributed by atoms with Gasteiger partial charge in [-0.15, -0.1) is 0 Å². The number of rotatable bonds is 6. The highest BCUT2D eigenvalue weighted by Gasteiger charge is 2.33. The molecule has 26 heavy (non-hydrogen) atoms. The van der Waals surface area contributed by atoms with Gasteiger partial charge in [0.1, 0.15) is 5.75 Å². The number of amides is 1. The monoisotopic (exact) mass is 355 g/mol. The van der Waals surface area contributed by atoms with Gasteiger partial charge in [-0.2, -0.15) is 0 Å². The molecule has 1 amide bonds. The van der Waals surface area contributed by atoms with Crippen LogP contribution in [0, 0.1) is 12.8 Å². The molecule has 2 aromatic rings. The lowest BCUT2D eigenvalue weighted by molar-refractivity contribution is 0.0920. The van der Waals surface area contributed by atoms with Crippen molar-refractivity contribution in [2.24, 2.45) is 5.92 Å². The zero-order valence-electron chi connectivity index (χ0n) is 15.2. The summed E-state index contributed by atoms with van der Waals surface area (Å²) < 4.78 is 5.19. The van der Waals surface area contributed by atoms with Crippen LogP contribution in [0.3, 0.4) is 0 Å². The number of hydrogen-bond donors (Lipinski definition) is 2. The minimum atomic E-state index is -0.117. The topological polar surface area (TPSA) is 74.7 Å². The Balaban J connectivity index is 1.65. The van der Waals surface area contributed by atoms with Crippen LogP contribution < -0.4 is 10.1 Å². The summed E-state index contributed by atoms with van der Waals surface area (Å²) in [6, 6.07) is 11.2. The number of benzene rings is 1. The standard InChI is InChI=1S/C20H25N3O3/c1-14-9-17(26-2)6-7-18(14)20(25)22-19-12-23(10-15(19)13-24)11-16-5-3-4-8-21-16/h3-9,15,19,24H,10-13H2,1-2H3,(H,22,25)/t15-,19+/m0/s1. The van der Waals surface area contributed by atoms with Gasteiger partial charge in [0, 0.05) is 50.0 Å². The molecular weight excluding hydrogens is 330 g/mol. The van der Waals surface area contributed by atoms with Crippen LogP contribution in [0.4, 0.5) is 0 Å². The molecule has 1 aromatic carbocycles. The van der Waals surface area contributed by atoms with E-state index in [1.807, 2.05) is 31.2 Å². The fraction of sp³-hybridized carbons (Fsp3) is 0.400. The number of nitrogens with zero attached hydrogens (tertiary/aromatic N) is 2. The number of carbonyl (C=O) groups excluding carboxylic acids is 1. The van der Waals surface area contributed by atoms with E-state index < -0.39 is 0 Å². The molecule has 0 unspecified atom stereocenters. The number of ether oxygens (including phenoxy) is 1. The molecule has 1 saturated heterocycles. The second kappa shape index (κ2) is 8.29. The number of aliphatic hydroxyl groups excluding tert-OH is 1. The van der Waals surface area contributed by atoms with Crippen molar-refractivity contribution in [1.82, 2.24) is 15.2 Å². The lowest BCUT2D eigenvalue weighted by Gasteiger charge is -2.19. The zero-order chi connectivity index (χ0) is 18.5. The van der Waals surface area contributed by atoms with Crippen LogP contribution in [0.5, 0.6) is 5.75 Å². The van der Waals surface area contributed by atoms with Gasteiger partial charge in [-0.3, -0.25) is 14.7 Å². The smallest absolute Gasteiger partial charge is 0.251 e. The number of aromatic nitrogens is 1. The van der Waals surface area contributed by atoms with E-state index in [9.17, 15) is 9.90 Å². The Morgan fingerprint density at radius 3 is 2.85 bits per heavy atom. The number of aryl methyl sites for hydroxylation is 1. The van der Waals surface area contributed by atoms with Gasteiger partial charge in [0.15, 0.2) is 0 Å². The Hall–Kier alpha value is -2.44. The Morgan fingerprint density at radius 1 is 1.35 bits per heavy atom. The van der Waals surface area contributed by atoms with Crippen molar-refractivity contribution >= 4 is 5.91 Å². The maximum absolute atomic E-state index is 12.7. The first-order valence-electron chi connectivity index (χ1n) is 8.79. The van der Waals surface area contributed by atoms with E-state index >= 15 is 0 Å². The average Bonchev–Trinajstić information content (AvgIpc) is 3.03. The quantitative estimate of drug-likeness (QED) is 0.824. The van der Waals surface area contributed by atoms with Crippen LogP contribution >= 0.6 is 0 Å². The van der Waals surface area contributed by atoms with E-state index in [0.717, 1.165) is 23.6 Å². The van der Waals surface area contributed by atoms with Gasteiger partial charge in [0.05, 0.1) is 12.8 Å². The number of aliphatic hydroxyl groups is 1. The first-order chi connectivity index (χ1) is 12.6. The summed E-state index contributed by atoms with van der Waals surface area (Å²) in [5.41, 5.74) is 2.48. The summed E-state index contributed by atoms with van der Waals surface area (Å²) in [4.78, 5) is 19.3. The molecule has 2 atom stereocenters. The van der Waals surface area contributed by atoms with Crippen molar-refractivity contribution in [3.63, 3.8) is 0 Å². The minimum absolute atomic E-state index is 0.0150. The van der Waals surface area contributed by atoms with E-state index in [4.69, 9.17) is 4.74 Å². The molecule has 0 spiro atoms. The van der Waals surface area contributed by atoms with E-state index in [2.05, 4.69) is 15.2 Å². The predicted octanol–water partition coefficient (Wildman–Crippen LogP) is 1.62. The molecule has 6 nitrogen and oxygen atoms in total. The van der Waals surface area contributed by atoms with Gasteiger partial charge in [0.2, 0.25) is 0 Å². The largest absolute Gasteiger partial charge is 0.497 e. The maximum Gasteiger partial charge on any atom is 0.251 e. The third-order valence-electron chi connectivity index (χ3n) is 4.86. The van der Waals surface area contributed by atoms with Crippen LogP contribution in [-0.4, -0.2) is 53.7 Å². The minimum Gasteiger partial charge on any atom is -0.497 e. The zero-order valence-corrected chi connectivity index (χ0v) is 15.2. The molecule has 0 saturated carbocycles. The van der Waals surface area contributed by atoms with Gasteiger partial charge in [-0.1, -0.05) is 6.07 Å². The SMILES string of the molecule is COc1ccc(C(=O)N[C@@H]2CN(Cc3ccccn3)C[C@H]2CO)c(C)c1. The second-order valence-corrected chi connectivity index (χ2v) is 6.72. The van der Waals surface area contributed by atoms with Gasteiger partial charge >= 0.3 is 0 Å². The maximum atomic E-state index is 12.7. The normalized spacial score (nSPS) is 20.1. The van der Waals surface area contributed by atoms with Crippen molar-refractivity contribution in [3.8, 4) is 5.75 Å². The van der Waals surface area contributed by atoms with Crippen LogP contribution in [0.1, 0.15) is 21.6 Å². The number of likely N-dealkylation sites (tertiary alicyclic amines) is 1. The second-order valence-electron chi connectivity index (χ2n) is 6.72. The van der Waals surface area contributed by atoms with Crippen molar-refractivity contribution in [2.75, 3.05) is 26.8 Å². The lowest BCUT2D eigenvalue weighted by Crippen LogP contribution is -2.41. The Kier molecular flexibility index (Phi) is 5.85. The molecule has 0 bridgehead atoms. The summed E-state index contributed by atoms with van der Waals surface area (Å²) in [7, 11) is 1.61. The van der Waals surface area contributed by atoms with Gasteiger partial charge in [-0.05, 0) is 42.8 Å². The summed E-state index contributed by atoms with van der Waals surface area (Å²) in [6.45, 7) is 4.09. The predicted molar refractivity (Wildman–Crippen MR) is 99.1 cm³/mol. The molecule has 138 valence electrons. The van der Waals surface area contributed by atoms with Crippen LogP contribution in [-0.2, 0) is 6.54 Å². The molecule has 1 aliphatic heterocycles. The molecule has 0 radical (unpaired) electrons. The summed E-state index contributed by atoms with van der Waals surface area (Å²) in [6.07, 6.45) is 1.78. The molecule has 6 heteroatoms. The van der Waals surface area contributed by atoms with Crippen molar-refractivity contribution < 1.29 is 14.6 Å². The van der Waals surface area contributed by atoms with Crippen LogP contribution in [0.25, 0.3) is 0 Å². The van der Waals surface area contributed by atoms with E-state index in [1.165, 1.54) is 0 Å². The summed E-state index contributed by atoms with van der Waals surface area (Å²) in [5.74, 6) is 0.629. The van der Waals surface area contributed by atoms with Crippen molar-refractivity contribution in [2.45, 2.75) is 19.5 Å². The Labute approximate surface area is 153 Å². The third kappa shape index (κ3) is 4.20. The van der Waals surface area contributed by atoms with Gasteiger partial charge in [0.25, 0.3) is 5.91 Å². The number of hydrogen-bond acceptors (Lipinski definition) is 5. The average molecular weight is 355 g/mol. The summed E-state index contributed by atoms with van der Waals surface area (Å²) in [5, 5.41) is 12.8. The van der Waals surface area contributed by atoms with E-state index in [-0.39, 0.29) is 24.5 Å². The molecular formula is C20H25N3O3. The molecule has 0 aliphatic carbocycles. The molecule has 2 heterocycles. The fourth-order valence-corrected chi connectivity index (χ4v) is 3.42. The number of pyridine rings is 1. The summed E-state index contributed by atoms with van der Waals surface area (Å²) >= 11 is 0. The third-order valence-corrected chi connectivity index (χ3v) is 4.86. The molecule has 2 N–H and O–H groups in total. The molecule has 3 rings (SSSR count). The molecule has 1 aliphatic rings. The fourth-order valence-electron chi connectivity index (χ4n) is 3.42. The van der Waals surface area contributed by atoms with Crippen molar-refractivity contribution in [1.29, 1.82) is 0 Å². The lowest BCUT2D eigenvalue weighted by atomic mass is 10.0. The molecule has 1 fully saturated rings. The Morgan fingerprint density at radius 2 is 2.19 bits per heavy atom. The highest BCUT2D eigenvalue weighted by atomic mass is 16.5. The van der Waals surface area contributed by atoms with Gasteiger partial charge in [-0.25, -0.2) is 0 Å². The first kappa shape index (κ1) is 18.4. The number of nitrogens with one attached hydrogen (secondary N) is 1. The van der Waals surface area contributed by atoms with Crippen LogP contribution in [0.15, 0.2) is 42.6 Å². The Bertz CT molecular complexity index is 751. The highest BCUT2D eigenvalue weighted by molar-refractivity contribution is 5.96. The number of methoxy groups -OCH3 is 1. The molecule has 1 aromatic heterocycles. The van der Waals surface area contributed by atoms with Gasteiger partial charge < -0.3 is 15.2 Å². The van der Waals surface area contributed by atoms with Crippen molar-refractivity contribution in [3.05, 3.63) is 59.4 Å². The highest BCUT2D eigenvalue weighted by Crippen LogP contribution is 2.21. The first-order valence-corrected chi connectivity index (χ1v) is 8.79. The van der Waals surface area contributed by atoms with Crippen LogP contribution in [0.2, 0.25) is 0 Å². The van der Waals surface area contributed by atoms with E-state index in [0.29, 0.717) is 18.7 Å². The number of carbonyl (C=O) groups is 1. The van der Waals surface area contributed by atoms with E-state index in [1.54, 1.807) is 25.4 Å².